The monoisotopic (exact) mass is 584 g/mol. The molecule has 1 aromatic carbocycles. The Labute approximate surface area is 207 Å². The molecule has 32 heavy (non-hydrogen) atoms. The van der Waals surface area contributed by atoms with Crippen LogP contribution in [0.25, 0.3) is 0 Å². The van der Waals surface area contributed by atoms with Gasteiger partial charge in [-0.25, -0.2) is 4.67 Å². The number of rotatable bonds is 3. The Kier molecular flexibility index (Phi) is 7.61. The van der Waals surface area contributed by atoms with Gasteiger partial charge in [0.1, 0.15) is 0 Å². The van der Waals surface area contributed by atoms with Crippen LogP contribution in [0.3, 0.4) is 0 Å². The minimum Gasteiger partial charge on any atom is -0.443 e. The molecule has 11 heteroatoms. The molecular formula is C21H21Br2ClN5O3+. The number of benzene rings is 1. The lowest BCUT2D eigenvalue weighted by Crippen LogP contribution is -2.63. The number of nitrogens with zero attached hydrogens (tertiary/aromatic N) is 4. The number of hydrogen-bond acceptors (Lipinski definition) is 3. The number of carbonyl (C=O) groups is 2. The number of piperazine rings is 1. The Morgan fingerprint density at radius 2 is 2.06 bits per heavy atom. The van der Waals surface area contributed by atoms with Gasteiger partial charge in [-0.05, 0) is 68.9 Å². The van der Waals surface area contributed by atoms with Crippen LogP contribution < -0.4 is 9.98 Å². The predicted molar refractivity (Wildman–Crippen MR) is 134 cm³/mol. The molecule has 1 fully saturated rings. The third kappa shape index (κ3) is 5.50. The lowest BCUT2D eigenvalue weighted by Gasteiger charge is -2.45. The van der Waals surface area contributed by atoms with Crippen molar-refractivity contribution in [2.75, 3.05) is 25.0 Å². The second kappa shape index (κ2) is 10.0. The normalized spacial score (nSPS) is 15.5. The van der Waals surface area contributed by atoms with Crippen LogP contribution in [0, 0.1) is 0 Å². The molecule has 1 aliphatic heterocycles. The summed E-state index contributed by atoms with van der Waals surface area (Å²) in [5, 5.41) is 3.53. The molecule has 0 unspecified atom stereocenters. The van der Waals surface area contributed by atoms with Gasteiger partial charge in [0.2, 0.25) is 6.34 Å². The standard InChI is InChI=1S/C21H20Br2ClN5O3/c1-21(2)11-28(19(30)16-10-15(22)17(23)32-16)7-8-29(21)20(31)18(25-3)27-12-26-14-6-4-5-13(24)9-14/h4-6,9-10,12H,3,7-8,11H2,1-2H3/p+1. The van der Waals surface area contributed by atoms with E-state index in [-0.39, 0.29) is 23.4 Å². The molecule has 0 spiro atoms. The Hall–Kier alpha value is -2.39. The topological polar surface area (TPSA) is 92.3 Å². The van der Waals surface area contributed by atoms with Crippen molar-refractivity contribution in [1.29, 1.82) is 0 Å². The van der Waals surface area contributed by atoms with E-state index in [1.165, 1.54) is 6.34 Å². The molecule has 0 bridgehead atoms. The van der Waals surface area contributed by atoms with E-state index in [4.69, 9.17) is 16.0 Å². The van der Waals surface area contributed by atoms with Crippen LogP contribution in [0.5, 0.6) is 0 Å². The predicted octanol–water partition coefficient (Wildman–Crippen LogP) is 3.83. The Balaban J connectivity index is 1.68. The number of halogens is 3. The number of amides is 2. The lowest BCUT2D eigenvalue weighted by atomic mass is 9.98. The van der Waals surface area contributed by atoms with Gasteiger partial charge in [-0.1, -0.05) is 17.7 Å². The van der Waals surface area contributed by atoms with Crippen molar-refractivity contribution in [3.05, 3.63) is 50.3 Å². The van der Waals surface area contributed by atoms with Crippen LogP contribution in [-0.4, -0.2) is 65.7 Å². The van der Waals surface area contributed by atoms with Crippen molar-refractivity contribution in [2.45, 2.75) is 19.4 Å². The molecule has 2 aromatic rings. The summed E-state index contributed by atoms with van der Waals surface area (Å²) in [7, 11) is 0. The summed E-state index contributed by atoms with van der Waals surface area (Å²) in [5.41, 5.74) is 0.0681. The zero-order chi connectivity index (χ0) is 23.5. The quantitative estimate of drug-likeness (QED) is 0.336. The second-order valence-corrected chi connectivity index (χ2v) is 9.63. The Morgan fingerprint density at radius 3 is 2.66 bits per heavy atom. The summed E-state index contributed by atoms with van der Waals surface area (Å²) >= 11 is 12.5. The van der Waals surface area contributed by atoms with Crippen molar-refractivity contribution in [1.82, 2.24) is 14.5 Å². The van der Waals surface area contributed by atoms with E-state index < -0.39 is 5.54 Å². The SMILES string of the molecule is C=[N+]=C(N=CNc1cccc(Cl)c1)C(=O)N1CCN(C(=O)c2cc(Br)c(Br)o2)CC1(C)C. The molecule has 0 saturated carbocycles. The Bertz CT molecular complexity index is 1100. The fourth-order valence-corrected chi connectivity index (χ4v) is 4.11. The van der Waals surface area contributed by atoms with Gasteiger partial charge in [0, 0.05) is 36.4 Å². The van der Waals surface area contributed by atoms with Crippen LogP contribution in [0.4, 0.5) is 5.69 Å². The van der Waals surface area contributed by atoms with Gasteiger partial charge < -0.3 is 19.5 Å². The first-order chi connectivity index (χ1) is 15.1. The van der Waals surface area contributed by atoms with E-state index in [1.807, 2.05) is 19.9 Å². The number of hydrogen-bond donors (Lipinski definition) is 1. The van der Waals surface area contributed by atoms with Gasteiger partial charge in [-0.15, -0.1) is 0 Å². The molecule has 2 amide bonds. The van der Waals surface area contributed by atoms with Gasteiger partial charge in [0.15, 0.2) is 17.1 Å². The first-order valence-electron chi connectivity index (χ1n) is 9.57. The van der Waals surface area contributed by atoms with E-state index in [9.17, 15) is 9.59 Å². The molecule has 1 saturated heterocycles. The minimum absolute atomic E-state index is 0.0497. The average molecular weight is 587 g/mol. The fraction of sp³-hybridized carbons (Fsp3) is 0.286. The fourth-order valence-electron chi connectivity index (χ4n) is 3.34. The number of anilines is 1. The maximum Gasteiger partial charge on any atom is 0.481 e. The van der Waals surface area contributed by atoms with Crippen LogP contribution in [-0.2, 0) is 4.79 Å². The van der Waals surface area contributed by atoms with Crippen LogP contribution in [0.2, 0.25) is 5.02 Å². The highest BCUT2D eigenvalue weighted by Gasteiger charge is 2.43. The summed E-state index contributed by atoms with van der Waals surface area (Å²) in [5.74, 6) is -0.446. The number of nitrogens with one attached hydrogen (secondary N) is 1. The van der Waals surface area contributed by atoms with Gasteiger partial charge in [-0.2, -0.15) is 0 Å². The highest BCUT2D eigenvalue weighted by molar-refractivity contribution is 9.13. The first-order valence-corrected chi connectivity index (χ1v) is 11.5. The van der Waals surface area contributed by atoms with E-state index in [1.54, 1.807) is 34.1 Å². The molecule has 8 nitrogen and oxygen atoms in total. The van der Waals surface area contributed by atoms with Crippen molar-refractivity contribution in [2.24, 2.45) is 4.99 Å². The molecule has 0 aliphatic carbocycles. The highest BCUT2D eigenvalue weighted by Crippen LogP contribution is 2.29. The summed E-state index contributed by atoms with van der Waals surface area (Å²) in [4.78, 5) is 33.4. The van der Waals surface area contributed by atoms with Gasteiger partial charge >= 0.3 is 11.7 Å². The smallest absolute Gasteiger partial charge is 0.443 e. The van der Waals surface area contributed by atoms with Crippen molar-refractivity contribution < 1.29 is 14.0 Å². The zero-order valence-corrected chi connectivity index (χ0v) is 21.4. The first kappa shape index (κ1) is 24.3. The molecule has 1 aromatic heterocycles. The molecule has 0 radical (unpaired) electrons. The molecule has 3 rings (SSSR count). The van der Waals surface area contributed by atoms with E-state index in [2.05, 4.69) is 53.6 Å². The molecule has 1 N–H and O–H groups in total. The Morgan fingerprint density at radius 1 is 1.31 bits per heavy atom. The minimum atomic E-state index is -0.655. The summed E-state index contributed by atoms with van der Waals surface area (Å²) in [6.45, 7) is 8.22. The van der Waals surface area contributed by atoms with Gasteiger partial charge in [0.25, 0.3) is 5.91 Å². The largest absolute Gasteiger partial charge is 0.481 e. The summed E-state index contributed by atoms with van der Waals surface area (Å²) < 4.78 is 10.4. The summed E-state index contributed by atoms with van der Waals surface area (Å²) in [6, 6.07) is 8.71. The van der Waals surface area contributed by atoms with Crippen LogP contribution in [0.15, 0.2) is 48.9 Å². The van der Waals surface area contributed by atoms with Crippen molar-refractivity contribution >= 4 is 79.9 Å². The lowest BCUT2D eigenvalue weighted by molar-refractivity contribution is -0.132. The number of furan rings is 1. The van der Waals surface area contributed by atoms with Gasteiger partial charge in [0.05, 0.1) is 10.0 Å². The van der Waals surface area contributed by atoms with Crippen LogP contribution in [0.1, 0.15) is 24.4 Å². The van der Waals surface area contributed by atoms with Crippen molar-refractivity contribution in [3.8, 4) is 0 Å². The second-order valence-electron chi connectivity index (χ2n) is 7.62. The van der Waals surface area contributed by atoms with Crippen molar-refractivity contribution in [3.63, 3.8) is 0 Å². The van der Waals surface area contributed by atoms with E-state index in [0.29, 0.717) is 33.8 Å². The van der Waals surface area contributed by atoms with E-state index >= 15 is 0 Å². The molecule has 168 valence electrons. The third-order valence-electron chi connectivity index (χ3n) is 4.87. The summed E-state index contributed by atoms with van der Waals surface area (Å²) in [6.07, 6.45) is 1.37. The molecule has 1 aliphatic rings. The number of aliphatic imine (C=N–C) groups is 1. The highest BCUT2D eigenvalue weighted by atomic mass is 79.9. The maximum absolute atomic E-state index is 13.1. The van der Waals surface area contributed by atoms with Crippen LogP contribution >= 0.6 is 43.5 Å². The number of amidine groups is 1. The van der Waals surface area contributed by atoms with E-state index in [0.717, 1.165) is 5.69 Å². The third-order valence-corrected chi connectivity index (χ3v) is 6.82. The molecule has 2 heterocycles. The molecule has 0 atom stereocenters. The average Bonchev–Trinajstić information content (AvgIpc) is 3.08. The number of carbonyl (C=O) groups excluding carboxylic acids is 2. The molecular weight excluding hydrogens is 566 g/mol. The maximum atomic E-state index is 13.1. The zero-order valence-electron chi connectivity index (χ0n) is 17.4. The van der Waals surface area contributed by atoms with Gasteiger partial charge in [-0.3, -0.25) is 9.59 Å².